The third kappa shape index (κ3) is 5.95. The van der Waals surface area contributed by atoms with Gasteiger partial charge in [0.15, 0.2) is 0 Å². The molecule has 11 nitrogen and oxygen atoms in total. The van der Waals surface area contributed by atoms with E-state index in [2.05, 4.69) is 0 Å². The van der Waals surface area contributed by atoms with Crippen molar-refractivity contribution in [1.82, 2.24) is 9.80 Å². The third-order valence-electron chi connectivity index (χ3n) is 4.79. The third-order valence-corrected chi connectivity index (χ3v) is 5.33. The number of nitrogens with two attached hydrogens (primary N) is 1. The van der Waals surface area contributed by atoms with Crippen LogP contribution in [0.5, 0.6) is 0 Å². The summed E-state index contributed by atoms with van der Waals surface area (Å²) in [6.07, 6.45) is -0.645. The topological polar surface area (TPSA) is 152 Å². The SMILES string of the molecule is CC1C(OS(C)(=O)=O)OC(=O)N1C(C(=N)N)C1CCN(C(=O)OC(C)(C)C)CC1. The summed E-state index contributed by atoms with van der Waals surface area (Å²) in [5.41, 5.74) is 5.19. The quantitative estimate of drug-likeness (QED) is 0.370. The molecule has 2 amide bonds. The number of amidine groups is 1. The van der Waals surface area contributed by atoms with E-state index in [1.165, 1.54) is 4.90 Å². The van der Waals surface area contributed by atoms with E-state index in [0.29, 0.717) is 25.9 Å². The molecular formula is C17H30N4O7S. The molecular weight excluding hydrogens is 404 g/mol. The number of likely N-dealkylation sites (tertiary alicyclic amines) is 1. The Bertz CT molecular complexity index is 756. The van der Waals surface area contributed by atoms with Crippen molar-refractivity contribution in [2.24, 2.45) is 11.7 Å². The molecule has 2 fully saturated rings. The number of ether oxygens (including phenoxy) is 2. The van der Waals surface area contributed by atoms with E-state index in [1.54, 1.807) is 32.6 Å². The van der Waals surface area contributed by atoms with Crippen molar-refractivity contribution in [3.63, 3.8) is 0 Å². The summed E-state index contributed by atoms with van der Waals surface area (Å²) in [4.78, 5) is 27.5. The van der Waals surface area contributed by atoms with Crippen LogP contribution in [0.25, 0.3) is 0 Å². The summed E-state index contributed by atoms with van der Waals surface area (Å²) in [5.74, 6) is -0.428. The summed E-state index contributed by atoms with van der Waals surface area (Å²) in [5, 5.41) is 8.00. The fourth-order valence-corrected chi connectivity index (χ4v) is 4.10. The van der Waals surface area contributed by atoms with Crippen LogP contribution in [0.4, 0.5) is 9.59 Å². The van der Waals surface area contributed by atoms with Crippen LogP contribution >= 0.6 is 0 Å². The molecule has 2 rings (SSSR count). The molecule has 29 heavy (non-hydrogen) atoms. The standard InChI is InChI=1S/C17H30N4O7S/c1-10-14(28-29(5,24)25)26-16(23)21(10)12(13(18)19)11-6-8-20(9-7-11)15(22)27-17(2,3)4/h10-12,14H,6-9H2,1-5H3,(H3,18,19). The van der Waals surface area contributed by atoms with Gasteiger partial charge >= 0.3 is 12.2 Å². The number of carbonyl (C=O) groups is 2. The highest BCUT2D eigenvalue weighted by atomic mass is 32.2. The second kappa shape index (κ2) is 8.34. The van der Waals surface area contributed by atoms with Crippen molar-refractivity contribution < 1.29 is 31.7 Å². The summed E-state index contributed by atoms with van der Waals surface area (Å²) < 4.78 is 38.1. The lowest BCUT2D eigenvalue weighted by atomic mass is 9.87. The molecule has 3 atom stereocenters. The first-order chi connectivity index (χ1) is 13.2. The maximum Gasteiger partial charge on any atom is 0.413 e. The van der Waals surface area contributed by atoms with Crippen LogP contribution in [0.1, 0.15) is 40.5 Å². The molecule has 0 radical (unpaired) electrons. The first kappa shape index (κ1) is 23.2. The molecule has 12 heteroatoms. The summed E-state index contributed by atoms with van der Waals surface area (Å²) in [6.45, 7) is 7.73. The zero-order chi connectivity index (χ0) is 22.1. The van der Waals surface area contributed by atoms with Gasteiger partial charge in [-0.2, -0.15) is 8.42 Å². The average molecular weight is 435 g/mol. The van der Waals surface area contributed by atoms with Crippen LogP contribution in [0.15, 0.2) is 0 Å². The van der Waals surface area contributed by atoms with Gasteiger partial charge in [0, 0.05) is 13.1 Å². The van der Waals surface area contributed by atoms with Crippen molar-refractivity contribution in [3.8, 4) is 0 Å². The zero-order valence-corrected chi connectivity index (χ0v) is 18.2. The predicted molar refractivity (Wildman–Crippen MR) is 104 cm³/mol. The first-order valence-corrected chi connectivity index (χ1v) is 11.2. The van der Waals surface area contributed by atoms with Gasteiger partial charge in [-0.05, 0) is 46.5 Å². The van der Waals surface area contributed by atoms with Crippen molar-refractivity contribution in [2.45, 2.75) is 64.5 Å². The molecule has 0 saturated carbocycles. The van der Waals surface area contributed by atoms with E-state index in [1.807, 2.05) is 0 Å². The Balaban J connectivity index is 2.08. The minimum absolute atomic E-state index is 0.196. The Morgan fingerprint density at radius 2 is 1.86 bits per heavy atom. The highest BCUT2D eigenvalue weighted by molar-refractivity contribution is 7.86. The minimum Gasteiger partial charge on any atom is -0.444 e. The van der Waals surface area contributed by atoms with Crippen molar-refractivity contribution in [1.29, 1.82) is 5.41 Å². The molecule has 2 saturated heterocycles. The van der Waals surface area contributed by atoms with Gasteiger partial charge in [-0.15, -0.1) is 0 Å². The molecule has 0 bridgehead atoms. The minimum atomic E-state index is -3.84. The van der Waals surface area contributed by atoms with Gasteiger partial charge in [0.25, 0.3) is 10.1 Å². The molecule has 0 aliphatic carbocycles. The number of nitrogens with one attached hydrogen (secondary N) is 1. The van der Waals surface area contributed by atoms with Gasteiger partial charge in [0.1, 0.15) is 11.4 Å². The average Bonchev–Trinajstić information content (AvgIpc) is 2.80. The van der Waals surface area contributed by atoms with Gasteiger partial charge in [-0.25, -0.2) is 13.8 Å². The van der Waals surface area contributed by atoms with E-state index in [0.717, 1.165) is 6.26 Å². The molecule has 0 aromatic rings. The van der Waals surface area contributed by atoms with Crippen molar-refractivity contribution >= 4 is 28.1 Å². The predicted octanol–water partition coefficient (Wildman–Crippen LogP) is 1.08. The normalized spacial score (nSPS) is 24.9. The van der Waals surface area contributed by atoms with Crippen LogP contribution in [0.2, 0.25) is 0 Å². The second-order valence-electron chi connectivity index (χ2n) is 8.41. The Morgan fingerprint density at radius 3 is 2.31 bits per heavy atom. The number of hydrogen-bond donors (Lipinski definition) is 2. The number of nitrogens with zero attached hydrogens (tertiary/aromatic N) is 2. The van der Waals surface area contributed by atoms with Gasteiger partial charge in [0.2, 0.25) is 6.29 Å². The lowest BCUT2D eigenvalue weighted by Crippen LogP contribution is -2.55. The monoisotopic (exact) mass is 434 g/mol. The molecule has 3 N–H and O–H groups in total. The lowest BCUT2D eigenvalue weighted by molar-refractivity contribution is -0.00865. The van der Waals surface area contributed by atoms with Crippen molar-refractivity contribution in [3.05, 3.63) is 0 Å². The molecule has 2 aliphatic heterocycles. The summed E-state index contributed by atoms with van der Waals surface area (Å²) >= 11 is 0. The fraction of sp³-hybridized carbons (Fsp3) is 0.824. The molecule has 3 unspecified atom stereocenters. The molecule has 2 heterocycles. The van der Waals surface area contributed by atoms with Gasteiger partial charge in [-0.1, -0.05) is 0 Å². The molecule has 0 spiro atoms. The highest BCUT2D eigenvalue weighted by Gasteiger charge is 2.48. The van der Waals surface area contributed by atoms with E-state index in [-0.39, 0.29) is 11.8 Å². The lowest BCUT2D eigenvalue weighted by Gasteiger charge is -2.39. The number of rotatable bonds is 5. The van der Waals surface area contributed by atoms with Gasteiger partial charge < -0.3 is 20.1 Å². The first-order valence-electron chi connectivity index (χ1n) is 9.38. The van der Waals surface area contributed by atoms with E-state index in [9.17, 15) is 18.0 Å². The van der Waals surface area contributed by atoms with E-state index in [4.69, 9.17) is 24.8 Å². The second-order valence-corrected chi connectivity index (χ2v) is 10.0. The van der Waals surface area contributed by atoms with Gasteiger partial charge in [0.05, 0.1) is 18.3 Å². The largest absolute Gasteiger partial charge is 0.444 e. The highest BCUT2D eigenvalue weighted by Crippen LogP contribution is 2.31. The number of hydrogen-bond acceptors (Lipinski definition) is 8. The molecule has 0 aromatic carbocycles. The Hall–Kier alpha value is -2.08. The van der Waals surface area contributed by atoms with Gasteiger partial charge in [-0.3, -0.25) is 10.3 Å². The molecule has 2 aliphatic rings. The number of carbonyl (C=O) groups excluding carboxylic acids is 2. The summed E-state index contributed by atoms with van der Waals surface area (Å²) in [7, 11) is -3.84. The smallest absolute Gasteiger partial charge is 0.413 e. The fourth-order valence-electron chi connectivity index (χ4n) is 3.55. The van der Waals surface area contributed by atoms with Crippen LogP contribution in [-0.2, 0) is 23.8 Å². The maximum absolute atomic E-state index is 12.4. The Morgan fingerprint density at radius 1 is 1.31 bits per heavy atom. The molecule has 0 aromatic heterocycles. The van der Waals surface area contributed by atoms with Crippen LogP contribution in [0, 0.1) is 11.3 Å². The molecule has 166 valence electrons. The Kier molecular flexibility index (Phi) is 6.68. The van der Waals surface area contributed by atoms with Crippen LogP contribution < -0.4 is 5.73 Å². The van der Waals surface area contributed by atoms with Crippen molar-refractivity contribution in [2.75, 3.05) is 19.3 Å². The number of piperidine rings is 1. The number of amides is 2. The Labute approximate surface area is 171 Å². The van der Waals surface area contributed by atoms with Crippen LogP contribution in [-0.4, -0.2) is 79.6 Å². The van der Waals surface area contributed by atoms with Crippen LogP contribution in [0.3, 0.4) is 0 Å². The number of cyclic esters (lactones) is 1. The van der Waals surface area contributed by atoms with E-state index >= 15 is 0 Å². The zero-order valence-electron chi connectivity index (χ0n) is 17.4. The van der Waals surface area contributed by atoms with E-state index < -0.39 is 46.3 Å². The maximum atomic E-state index is 12.4. The summed E-state index contributed by atoms with van der Waals surface area (Å²) in [6, 6.07) is -1.54.